The van der Waals surface area contributed by atoms with E-state index in [-0.39, 0.29) is 25.4 Å². The Morgan fingerprint density at radius 2 is 1.84 bits per heavy atom. The zero-order valence-corrected chi connectivity index (χ0v) is 14.5. The molecule has 1 amide bonds. The Bertz CT molecular complexity index is 875. The van der Waals surface area contributed by atoms with Crippen LogP contribution < -0.4 is 10.0 Å². The van der Waals surface area contributed by atoms with Gasteiger partial charge in [0.05, 0.1) is 4.90 Å². The van der Waals surface area contributed by atoms with Gasteiger partial charge in [0.1, 0.15) is 0 Å². The second-order valence-electron chi connectivity index (χ2n) is 5.13. The molecular formula is C16H15ClF2N2O3S. The van der Waals surface area contributed by atoms with Crippen molar-refractivity contribution in [2.24, 2.45) is 0 Å². The number of hydrogen-bond acceptors (Lipinski definition) is 3. The van der Waals surface area contributed by atoms with E-state index >= 15 is 0 Å². The molecule has 0 atom stereocenters. The van der Waals surface area contributed by atoms with Crippen LogP contribution in [0.5, 0.6) is 0 Å². The molecule has 0 aromatic heterocycles. The second-order valence-corrected chi connectivity index (χ2v) is 7.33. The maximum absolute atomic E-state index is 13.1. The lowest BCUT2D eigenvalue weighted by Gasteiger charge is -2.08. The number of nitrogens with one attached hydrogen (secondary N) is 2. The lowest BCUT2D eigenvalue weighted by Crippen LogP contribution is -2.30. The predicted molar refractivity (Wildman–Crippen MR) is 89.5 cm³/mol. The molecule has 0 radical (unpaired) electrons. The van der Waals surface area contributed by atoms with Crippen LogP contribution in [0.1, 0.15) is 12.0 Å². The van der Waals surface area contributed by atoms with Gasteiger partial charge >= 0.3 is 0 Å². The van der Waals surface area contributed by atoms with E-state index in [1.54, 1.807) is 24.3 Å². The van der Waals surface area contributed by atoms with E-state index < -0.39 is 26.6 Å². The molecule has 0 heterocycles. The molecule has 25 heavy (non-hydrogen) atoms. The first-order valence-electron chi connectivity index (χ1n) is 7.24. The van der Waals surface area contributed by atoms with Crippen molar-refractivity contribution in [3.8, 4) is 0 Å². The minimum Gasteiger partial charge on any atom is -0.352 e. The number of halogens is 3. The quantitative estimate of drug-likeness (QED) is 0.765. The van der Waals surface area contributed by atoms with Crippen LogP contribution in [0.2, 0.25) is 5.02 Å². The highest BCUT2D eigenvalue weighted by molar-refractivity contribution is 7.89. The first kappa shape index (κ1) is 19.3. The number of carbonyl (C=O) groups excluding carboxylic acids is 1. The van der Waals surface area contributed by atoms with Crippen LogP contribution in [-0.2, 0) is 21.4 Å². The van der Waals surface area contributed by atoms with Gasteiger partial charge in [-0.25, -0.2) is 21.9 Å². The summed E-state index contributed by atoms with van der Waals surface area (Å²) in [6.45, 7) is 0.0814. The molecule has 0 saturated carbocycles. The van der Waals surface area contributed by atoms with Gasteiger partial charge in [0.25, 0.3) is 0 Å². The number of hydrogen-bond donors (Lipinski definition) is 2. The molecule has 2 aromatic carbocycles. The fourth-order valence-corrected chi connectivity index (χ4v) is 3.22. The van der Waals surface area contributed by atoms with Gasteiger partial charge in [-0.2, -0.15) is 0 Å². The highest BCUT2D eigenvalue weighted by Crippen LogP contribution is 2.13. The van der Waals surface area contributed by atoms with E-state index in [1.807, 2.05) is 0 Å². The van der Waals surface area contributed by atoms with Crippen molar-refractivity contribution in [3.05, 3.63) is 64.7 Å². The number of benzene rings is 2. The molecule has 0 unspecified atom stereocenters. The number of sulfonamides is 1. The van der Waals surface area contributed by atoms with Gasteiger partial charge < -0.3 is 5.32 Å². The SMILES string of the molecule is O=C(CCNS(=O)(=O)c1ccc(F)c(F)c1)NCc1cccc(Cl)c1. The Morgan fingerprint density at radius 3 is 2.52 bits per heavy atom. The van der Waals surface area contributed by atoms with Crippen molar-refractivity contribution in [2.75, 3.05) is 6.54 Å². The molecule has 0 aliphatic carbocycles. The van der Waals surface area contributed by atoms with Crippen LogP contribution in [0.15, 0.2) is 47.4 Å². The van der Waals surface area contributed by atoms with Crippen LogP contribution in [0.4, 0.5) is 8.78 Å². The fraction of sp³-hybridized carbons (Fsp3) is 0.188. The van der Waals surface area contributed by atoms with Crippen molar-refractivity contribution in [2.45, 2.75) is 17.9 Å². The predicted octanol–water partition coefficient (Wildman–Crippen LogP) is 2.60. The van der Waals surface area contributed by atoms with E-state index in [0.29, 0.717) is 11.1 Å². The van der Waals surface area contributed by atoms with Crippen LogP contribution in [0.25, 0.3) is 0 Å². The molecule has 2 N–H and O–H groups in total. The Hall–Kier alpha value is -2.03. The Morgan fingerprint density at radius 1 is 1.08 bits per heavy atom. The average Bonchev–Trinajstić information content (AvgIpc) is 2.55. The second kappa shape index (κ2) is 8.37. The van der Waals surface area contributed by atoms with Gasteiger partial charge in [-0.1, -0.05) is 23.7 Å². The van der Waals surface area contributed by atoms with E-state index in [9.17, 15) is 22.0 Å². The molecule has 2 rings (SSSR count). The summed E-state index contributed by atoms with van der Waals surface area (Å²) < 4.78 is 52.0. The van der Waals surface area contributed by atoms with E-state index in [0.717, 1.165) is 17.7 Å². The molecular weight excluding hydrogens is 374 g/mol. The van der Waals surface area contributed by atoms with Gasteiger partial charge in [-0.05, 0) is 35.9 Å². The van der Waals surface area contributed by atoms with Crippen molar-refractivity contribution in [1.82, 2.24) is 10.0 Å². The van der Waals surface area contributed by atoms with Crippen LogP contribution in [0.3, 0.4) is 0 Å². The lowest BCUT2D eigenvalue weighted by atomic mass is 10.2. The zero-order valence-electron chi connectivity index (χ0n) is 12.9. The van der Waals surface area contributed by atoms with Gasteiger partial charge in [-0.15, -0.1) is 0 Å². The maximum atomic E-state index is 13.1. The van der Waals surface area contributed by atoms with Gasteiger partial charge in [0, 0.05) is 24.5 Å². The lowest BCUT2D eigenvalue weighted by molar-refractivity contribution is -0.121. The van der Waals surface area contributed by atoms with E-state index in [4.69, 9.17) is 11.6 Å². The average molecular weight is 389 g/mol. The van der Waals surface area contributed by atoms with Crippen LogP contribution in [0, 0.1) is 11.6 Å². The van der Waals surface area contributed by atoms with Gasteiger partial charge in [-0.3, -0.25) is 4.79 Å². The van der Waals surface area contributed by atoms with Crippen molar-refractivity contribution >= 4 is 27.5 Å². The molecule has 0 aliphatic heterocycles. The molecule has 134 valence electrons. The smallest absolute Gasteiger partial charge is 0.240 e. The summed E-state index contributed by atoms with van der Waals surface area (Å²) in [6, 6.07) is 9.20. The largest absolute Gasteiger partial charge is 0.352 e. The van der Waals surface area contributed by atoms with Gasteiger partial charge in [0.15, 0.2) is 11.6 Å². The third kappa shape index (κ3) is 5.77. The summed E-state index contributed by atoms with van der Waals surface area (Å²) in [5.74, 6) is -2.77. The van der Waals surface area contributed by atoms with Crippen molar-refractivity contribution in [1.29, 1.82) is 0 Å². The standard InChI is InChI=1S/C16H15ClF2N2O3S/c17-12-3-1-2-11(8-12)10-20-16(22)6-7-21-25(23,24)13-4-5-14(18)15(19)9-13/h1-5,8-9,21H,6-7,10H2,(H,20,22). The molecule has 0 spiro atoms. The van der Waals surface area contributed by atoms with Crippen molar-refractivity contribution in [3.63, 3.8) is 0 Å². The highest BCUT2D eigenvalue weighted by atomic mass is 35.5. The molecule has 0 aliphatic rings. The Labute approximate surface area is 149 Å². The number of amides is 1. The molecule has 0 fully saturated rings. The fourth-order valence-electron chi connectivity index (χ4n) is 1.96. The topological polar surface area (TPSA) is 75.3 Å². The first-order chi connectivity index (χ1) is 11.8. The van der Waals surface area contributed by atoms with Crippen LogP contribution in [-0.4, -0.2) is 20.9 Å². The van der Waals surface area contributed by atoms with Gasteiger partial charge in [0.2, 0.25) is 15.9 Å². The summed E-state index contributed by atoms with van der Waals surface area (Å²) in [5.41, 5.74) is 0.809. The molecule has 0 bridgehead atoms. The molecule has 9 heteroatoms. The third-order valence-corrected chi connectivity index (χ3v) is 4.92. The first-order valence-corrected chi connectivity index (χ1v) is 9.10. The summed E-state index contributed by atoms with van der Waals surface area (Å²) in [7, 11) is -4.02. The van der Waals surface area contributed by atoms with Crippen molar-refractivity contribution < 1.29 is 22.0 Å². The summed E-state index contributed by atoms with van der Waals surface area (Å²) in [6.07, 6.45) is -0.108. The monoisotopic (exact) mass is 388 g/mol. The summed E-state index contributed by atoms with van der Waals surface area (Å²) in [5, 5.41) is 3.17. The highest BCUT2D eigenvalue weighted by Gasteiger charge is 2.16. The molecule has 5 nitrogen and oxygen atoms in total. The van der Waals surface area contributed by atoms with E-state index in [2.05, 4.69) is 10.0 Å². The minimum absolute atomic E-state index is 0.108. The Balaban J connectivity index is 1.82. The normalized spacial score (nSPS) is 11.3. The summed E-state index contributed by atoms with van der Waals surface area (Å²) in [4.78, 5) is 11.3. The number of carbonyl (C=O) groups is 1. The third-order valence-electron chi connectivity index (χ3n) is 3.22. The van der Waals surface area contributed by atoms with Crippen LogP contribution >= 0.6 is 11.6 Å². The Kier molecular flexibility index (Phi) is 6.46. The summed E-state index contributed by atoms with van der Waals surface area (Å²) >= 11 is 5.83. The number of rotatable bonds is 7. The molecule has 0 saturated heterocycles. The maximum Gasteiger partial charge on any atom is 0.240 e. The minimum atomic E-state index is -4.02. The molecule has 2 aromatic rings. The zero-order chi connectivity index (χ0) is 18.4. The van der Waals surface area contributed by atoms with E-state index in [1.165, 1.54) is 0 Å².